The van der Waals surface area contributed by atoms with Crippen LogP contribution < -0.4 is 10.6 Å². The van der Waals surface area contributed by atoms with Gasteiger partial charge in [-0.15, -0.1) is 0 Å². The Morgan fingerprint density at radius 2 is 2.12 bits per heavy atom. The van der Waals surface area contributed by atoms with Gasteiger partial charge in [-0.25, -0.2) is 9.18 Å². The molecule has 132 valence electrons. The van der Waals surface area contributed by atoms with E-state index in [9.17, 15) is 9.18 Å². The smallest absolute Gasteiger partial charge is 0.315 e. The van der Waals surface area contributed by atoms with Crippen molar-refractivity contribution in [2.45, 2.75) is 44.2 Å². The first kappa shape index (κ1) is 17.2. The quantitative estimate of drug-likeness (QED) is 0.785. The zero-order chi connectivity index (χ0) is 16.8. The van der Waals surface area contributed by atoms with Gasteiger partial charge in [0.2, 0.25) is 0 Å². The van der Waals surface area contributed by atoms with E-state index < -0.39 is 0 Å². The van der Waals surface area contributed by atoms with Crippen LogP contribution in [0, 0.1) is 5.82 Å². The van der Waals surface area contributed by atoms with Gasteiger partial charge in [0, 0.05) is 26.4 Å². The molecule has 1 heterocycles. The Labute approximate surface area is 141 Å². The lowest BCUT2D eigenvalue weighted by Crippen LogP contribution is -2.38. The van der Waals surface area contributed by atoms with Crippen molar-refractivity contribution in [3.05, 3.63) is 35.1 Å². The normalized spacial score (nSPS) is 20.6. The number of nitrogens with one attached hydrogen (secondary N) is 2. The lowest BCUT2D eigenvalue weighted by atomic mass is 10.1. The number of amides is 2. The average Bonchev–Trinajstić information content (AvgIpc) is 2.97. The van der Waals surface area contributed by atoms with Crippen LogP contribution in [-0.4, -0.2) is 38.5 Å². The third-order valence-corrected chi connectivity index (χ3v) is 4.62. The second-order valence-electron chi connectivity index (χ2n) is 6.37. The summed E-state index contributed by atoms with van der Waals surface area (Å²) in [5.41, 5.74) is 2.01. The van der Waals surface area contributed by atoms with Crippen LogP contribution in [-0.2, 0) is 15.9 Å². The molecule has 1 aromatic rings. The van der Waals surface area contributed by atoms with Gasteiger partial charge in [-0.05, 0) is 55.4 Å². The minimum absolute atomic E-state index is 0.103. The number of aryl methyl sites for hydroxylation is 1. The average molecular weight is 336 g/mol. The third-order valence-electron chi connectivity index (χ3n) is 4.62. The van der Waals surface area contributed by atoms with E-state index in [1.165, 1.54) is 12.1 Å². The fraction of sp³-hybridized carbons (Fsp3) is 0.611. The number of carbonyl (C=O) groups is 1. The number of hydrogen-bond acceptors (Lipinski definition) is 3. The molecule has 0 unspecified atom stereocenters. The molecule has 24 heavy (non-hydrogen) atoms. The van der Waals surface area contributed by atoms with Crippen molar-refractivity contribution in [2.75, 3.05) is 26.4 Å². The number of rotatable bonds is 6. The first-order valence-electron chi connectivity index (χ1n) is 8.74. The summed E-state index contributed by atoms with van der Waals surface area (Å²) in [6.07, 6.45) is 4.66. The van der Waals surface area contributed by atoms with Crippen molar-refractivity contribution < 1.29 is 18.7 Å². The van der Waals surface area contributed by atoms with Gasteiger partial charge in [-0.2, -0.15) is 0 Å². The minimum Gasteiger partial charge on any atom is -0.381 e. The zero-order valence-corrected chi connectivity index (χ0v) is 13.9. The van der Waals surface area contributed by atoms with Crippen LogP contribution in [0.2, 0.25) is 0 Å². The summed E-state index contributed by atoms with van der Waals surface area (Å²) in [5, 5.41) is 5.77. The van der Waals surface area contributed by atoms with Gasteiger partial charge in [-0.1, -0.05) is 6.07 Å². The lowest BCUT2D eigenvalue weighted by molar-refractivity contribution is -0.0320. The predicted octanol–water partition coefficient (Wildman–Crippen LogP) is 2.70. The second-order valence-corrected chi connectivity index (χ2v) is 6.37. The van der Waals surface area contributed by atoms with Crippen molar-refractivity contribution in [1.29, 1.82) is 0 Å². The predicted molar refractivity (Wildman–Crippen MR) is 88.4 cm³/mol. The molecule has 2 amide bonds. The summed E-state index contributed by atoms with van der Waals surface area (Å²) in [4.78, 5) is 12.0. The summed E-state index contributed by atoms with van der Waals surface area (Å²) < 4.78 is 24.4. The molecule has 0 bridgehead atoms. The Morgan fingerprint density at radius 3 is 2.96 bits per heavy atom. The summed E-state index contributed by atoms with van der Waals surface area (Å²) in [7, 11) is 0. The molecule has 5 nitrogen and oxygen atoms in total. The van der Waals surface area contributed by atoms with Crippen LogP contribution in [0.3, 0.4) is 0 Å². The fourth-order valence-corrected chi connectivity index (χ4v) is 3.30. The van der Waals surface area contributed by atoms with Crippen LogP contribution in [0.25, 0.3) is 0 Å². The Kier molecular flexibility index (Phi) is 6.04. The molecule has 2 N–H and O–H groups in total. The van der Waals surface area contributed by atoms with E-state index in [1.807, 2.05) is 0 Å². The fourth-order valence-electron chi connectivity index (χ4n) is 3.30. The molecule has 0 radical (unpaired) electrons. The maximum Gasteiger partial charge on any atom is 0.315 e. The Bertz CT molecular complexity index is 561. The molecule has 1 saturated heterocycles. The SMILES string of the molecule is O=C(NCCCOC1CCOCC1)N[C@@H]1CCc2ccc(F)cc21. The largest absolute Gasteiger partial charge is 0.381 e. The monoisotopic (exact) mass is 336 g/mol. The van der Waals surface area contributed by atoms with Crippen LogP contribution >= 0.6 is 0 Å². The van der Waals surface area contributed by atoms with Gasteiger partial charge in [0.05, 0.1) is 12.1 Å². The summed E-state index contributed by atoms with van der Waals surface area (Å²) in [6, 6.07) is 4.49. The van der Waals surface area contributed by atoms with Crippen LogP contribution in [0.1, 0.15) is 42.9 Å². The van der Waals surface area contributed by atoms with E-state index in [0.29, 0.717) is 13.2 Å². The van der Waals surface area contributed by atoms with Crippen LogP contribution in [0.15, 0.2) is 18.2 Å². The molecule has 0 aromatic heterocycles. The number of carbonyl (C=O) groups excluding carboxylic acids is 1. The number of benzene rings is 1. The van der Waals surface area contributed by atoms with Crippen molar-refractivity contribution >= 4 is 6.03 Å². The maximum atomic E-state index is 13.4. The zero-order valence-electron chi connectivity index (χ0n) is 13.9. The highest BCUT2D eigenvalue weighted by Gasteiger charge is 2.24. The Morgan fingerprint density at radius 1 is 1.29 bits per heavy atom. The molecule has 0 spiro atoms. The molecule has 0 saturated carbocycles. The molecule has 1 fully saturated rings. The Balaban J connectivity index is 1.33. The second kappa shape index (κ2) is 8.44. The van der Waals surface area contributed by atoms with E-state index in [4.69, 9.17) is 9.47 Å². The van der Waals surface area contributed by atoms with Crippen molar-refractivity contribution in [2.24, 2.45) is 0 Å². The first-order valence-corrected chi connectivity index (χ1v) is 8.74. The number of ether oxygens (including phenoxy) is 2. The number of halogens is 1. The molecule has 3 rings (SSSR count). The highest BCUT2D eigenvalue weighted by atomic mass is 19.1. The van der Waals surface area contributed by atoms with Gasteiger partial charge in [-0.3, -0.25) is 0 Å². The van der Waals surface area contributed by atoms with Gasteiger partial charge < -0.3 is 20.1 Å². The van der Waals surface area contributed by atoms with Gasteiger partial charge >= 0.3 is 6.03 Å². The lowest BCUT2D eigenvalue weighted by Gasteiger charge is -2.22. The summed E-state index contributed by atoms with van der Waals surface area (Å²) in [5.74, 6) is -0.256. The molecule has 1 atom stereocenters. The number of hydrogen-bond donors (Lipinski definition) is 2. The third kappa shape index (κ3) is 4.68. The van der Waals surface area contributed by atoms with Gasteiger partial charge in [0.15, 0.2) is 0 Å². The highest BCUT2D eigenvalue weighted by Crippen LogP contribution is 2.31. The highest BCUT2D eigenvalue weighted by molar-refractivity contribution is 5.74. The molecular weight excluding hydrogens is 311 g/mol. The van der Waals surface area contributed by atoms with E-state index in [2.05, 4.69) is 10.6 Å². The molecule has 1 aromatic carbocycles. The maximum absolute atomic E-state index is 13.4. The van der Waals surface area contributed by atoms with Gasteiger partial charge in [0.25, 0.3) is 0 Å². The van der Waals surface area contributed by atoms with E-state index in [-0.39, 0.29) is 24.0 Å². The molecule has 1 aliphatic heterocycles. The van der Waals surface area contributed by atoms with Crippen molar-refractivity contribution in [1.82, 2.24) is 10.6 Å². The molecule has 1 aliphatic carbocycles. The molecule has 6 heteroatoms. The van der Waals surface area contributed by atoms with Crippen molar-refractivity contribution in [3.8, 4) is 0 Å². The van der Waals surface area contributed by atoms with Crippen LogP contribution in [0.4, 0.5) is 9.18 Å². The standard InChI is InChI=1S/C18H25FN2O3/c19-14-4-2-13-3-5-17(16(13)12-14)21-18(22)20-8-1-9-24-15-6-10-23-11-7-15/h2,4,12,15,17H,1,3,5-11H2,(H2,20,21,22)/t17-/m1/s1. The van der Waals surface area contributed by atoms with Gasteiger partial charge in [0.1, 0.15) is 5.82 Å². The number of urea groups is 1. The molecule has 2 aliphatic rings. The van der Waals surface area contributed by atoms with E-state index in [1.54, 1.807) is 6.07 Å². The first-order chi connectivity index (χ1) is 11.7. The topological polar surface area (TPSA) is 59.6 Å². The van der Waals surface area contributed by atoms with Crippen molar-refractivity contribution in [3.63, 3.8) is 0 Å². The van der Waals surface area contributed by atoms with E-state index >= 15 is 0 Å². The summed E-state index contributed by atoms with van der Waals surface area (Å²) >= 11 is 0. The van der Waals surface area contributed by atoms with E-state index in [0.717, 1.165) is 56.4 Å². The van der Waals surface area contributed by atoms with Crippen LogP contribution in [0.5, 0.6) is 0 Å². The minimum atomic E-state index is -0.256. The summed E-state index contributed by atoms with van der Waals surface area (Å²) in [6.45, 7) is 2.75. The number of fused-ring (bicyclic) bond motifs is 1. The molecular formula is C18H25FN2O3. The Hall–Kier alpha value is -1.66.